The predicted octanol–water partition coefficient (Wildman–Crippen LogP) is 1.16. The lowest BCUT2D eigenvalue weighted by molar-refractivity contribution is 0.282. The van der Waals surface area contributed by atoms with Gasteiger partial charge in [0.25, 0.3) is 0 Å². The lowest BCUT2D eigenvalue weighted by Crippen LogP contribution is -2.06. The van der Waals surface area contributed by atoms with Crippen LogP contribution in [0.15, 0.2) is 12.7 Å². The van der Waals surface area contributed by atoms with Crippen LogP contribution in [0.2, 0.25) is 0 Å². The lowest BCUT2D eigenvalue weighted by atomic mass is 10.2. The molecule has 0 heterocycles. The van der Waals surface area contributed by atoms with Crippen LogP contribution in [0.25, 0.3) is 0 Å². The van der Waals surface area contributed by atoms with Gasteiger partial charge in [-0.2, -0.15) is 0 Å². The third kappa shape index (κ3) is 5.66. The second-order valence-electron chi connectivity index (χ2n) is 1.67. The van der Waals surface area contributed by atoms with Crippen LogP contribution in [0.5, 0.6) is 0 Å². The van der Waals surface area contributed by atoms with Gasteiger partial charge in [-0.3, -0.25) is 0 Å². The van der Waals surface area contributed by atoms with E-state index in [0.29, 0.717) is 6.42 Å². The Hall–Kier alpha value is -0.340. The number of unbranched alkanes of at least 4 members (excludes halogenated alkanes) is 1. The minimum atomic E-state index is 0.0202. The topological polar surface area (TPSA) is 46.2 Å². The first-order chi connectivity index (χ1) is 3.77. The number of allylic oxidation sites excluding steroid dienone is 1. The van der Waals surface area contributed by atoms with Gasteiger partial charge in [-0.15, -0.1) is 6.58 Å². The third-order valence-electron chi connectivity index (χ3n) is 0.841. The van der Waals surface area contributed by atoms with Crippen molar-refractivity contribution in [3.63, 3.8) is 0 Å². The lowest BCUT2D eigenvalue weighted by Gasteiger charge is -1.97. The fourth-order valence-corrected chi connectivity index (χ4v) is 0.428. The molecule has 0 aliphatic rings. The summed E-state index contributed by atoms with van der Waals surface area (Å²) in [6, 6.07) is 0. The van der Waals surface area contributed by atoms with Gasteiger partial charge in [0.2, 0.25) is 0 Å². The highest BCUT2D eigenvalue weighted by molar-refractivity contribution is 4.70. The SMILES string of the molecule is C=CCCC[C](N)O. The van der Waals surface area contributed by atoms with Crippen molar-refractivity contribution in [2.75, 3.05) is 0 Å². The Labute approximate surface area is 50.0 Å². The summed E-state index contributed by atoms with van der Waals surface area (Å²) in [6.07, 6.45) is 4.23. The van der Waals surface area contributed by atoms with Gasteiger partial charge in [-0.1, -0.05) is 6.08 Å². The van der Waals surface area contributed by atoms with E-state index in [1.165, 1.54) is 0 Å². The Morgan fingerprint density at radius 2 is 2.38 bits per heavy atom. The molecule has 0 saturated heterocycles. The zero-order chi connectivity index (χ0) is 6.41. The van der Waals surface area contributed by atoms with Crippen LogP contribution < -0.4 is 5.73 Å². The molecule has 0 amide bonds. The average Bonchev–Trinajstić information content (AvgIpc) is 1.66. The van der Waals surface area contributed by atoms with Gasteiger partial charge in [0.15, 0.2) is 6.23 Å². The molecule has 0 aromatic rings. The van der Waals surface area contributed by atoms with Crippen LogP contribution in [-0.2, 0) is 0 Å². The van der Waals surface area contributed by atoms with Crippen LogP contribution in [0.3, 0.4) is 0 Å². The van der Waals surface area contributed by atoms with E-state index >= 15 is 0 Å². The zero-order valence-corrected chi connectivity index (χ0v) is 4.93. The highest BCUT2D eigenvalue weighted by Gasteiger charge is 1.93. The van der Waals surface area contributed by atoms with Crippen LogP contribution in [-0.4, -0.2) is 5.11 Å². The molecule has 0 rings (SSSR count). The summed E-state index contributed by atoms with van der Waals surface area (Å²) in [5.74, 6) is 0. The average molecular weight is 114 g/mol. The second-order valence-corrected chi connectivity index (χ2v) is 1.67. The van der Waals surface area contributed by atoms with Gasteiger partial charge >= 0.3 is 0 Å². The number of aliphatic hydroxyl groups is 1. The molecule has 2 heteroatoms. The van der Waals surface area contributed by atoms with Crippen molar-refractivity contribution >= 4 is 0 Å². The number of aliphatic hydroxyl groups excluding tert-OH is 1. The van der Waals surface area contributed by atoms with E-state index in [1.807, 2.05) is 6.08 Å². The fourth-order valence-electron chi connectivity index (χ4n) is 0.428. The molecule has 0 aliphatic heterocycles. The minimum Gasteiger partial charge on any atom is -0.372 e. The summed E-state index contributed by atoms with van der Waals surface area (Å²) in [4.78, 5) is 0. The highest BCUT2D eigenvalue weighted by atomic mass is 16.3. The molecule has 3 N–H and O–H groups in total. The summed E-state index contributed by atoms with van der Waals surface area (Å²) in [7, 11) is 0. The molecule has 8 heavy (non-hydrogen) atoms. The smallest absolute Gasteiger partial charge is 0.155 e. The Kier molecular flexibility index (Phi) is 4.61. The Bertz CT molecular complexity index is 61.5. The second kappa shape index (κ2) is 4.81. The maximum absolute atomic E-state index is 8.44. The Morgan fingerprint density at radius 3 is 2.75 bits per heavy atom. The van der Waals surface area contributed by atoms with Crippen molar-refractivity contribution in [2.24, 2.45) is 5.73 Å². The van der Waals surface area contributed by atoms with Gasteiger partial charge in [-0.05, 0) is 19.3 Å². The highest BCUT2D eigenvalue weighted by Crippen LogP contribution is 2.00. The number of hydrogen-bond donors (Lipinski definition) is 2. The normalized spacial score (nSPS) is 9.88. The van der Waals surface area contributed by atoms with Crippen molar-refractivity contribution in [1.29, 1.82) is 0 Å². The Morgan fingerprint density at radius 1 is 1.75 bits per heavy atom. The fraction of sp³-hybridized carbons (Fsp3) is 0.500. The van der Waals surface area contributed by atoms with Crippen LogP contribution in [0.4, 0.5) is 0 Å². The van der Waals surface area contributed by atoms with Crippen molar-refractivity contribution in [3.8, 4) is 0 Å². The molecule has 0 unspecified atom stereocenters. The van der Waals surface area contributed by atoms with Crippen molar-refractivity contribution in [2.45, 2.75) is 19.3 Å². The van der Waals surface area contributed by atoms with E-state index in [1.54, 1.807) is 0 Å². The standard InChI is InChI=1S/C6H12NO/c1-2-3-4-5-6(7)8/h2,8H,1,3-5,7H2. The van der Waals surface area contributed by atoms with Gasteiger partial charge in [-0.25, -0.2) is 0 Å². The molecule has 0 spiro atoms. The van der Waals surface area contributed by atoms with E-state index in [9.17, 15) is 0 Å². The summed E-state index contributed by atoms with van der Waals surface area (Å²) in [5.41, 5.74) is 4.97. The predicted molar refractivity (Wildman–Crippen MR) is 33.4 cm³/mol. The van der Waals surface area contributed by atoms with Gasteiger partial charge in [0, 0.05) is 0 Å². The van der Waals surface area contributed by atoms with E-state index in [0.717, 1.165) is 12.8 Å². The number of rotatable bonds is 4. The van der Waals surface area contributed by atoms with Crippen LogP contribution in [0, 0.1) is 6.23 Å². The first-order valence-corrected chi connectivity index (χ1v) is 2.68. The molecule has 2 nitrogen and oxygen atoms in total. The quantitative estimate of drug-likeness (QED) is 0.425. The maximum atomic E-state index is 8.44. The first kappa shape index (κ1) is 7.66. The van der Waals surface area contributed by atoms with Crippen molar-refractivity contribution in [3.05, 3.63) is 18.9 Å². The summed E-state index contributed by atoms with van der Waals surface area (Å²) < 4.78 is 0. The molecule has 47 valence electrons. The number of nitrogens with two attached hydrogens (primary N) is 1. The van der Waals surface area contributed by atoms with Gasteiger partial charge < -0.3 is 10.8 Å². The van der Waals surface area contributed by atoms with Crippen molar-refractivity contribution in [1.82, 2.24) is 0 Å². The molecule has 0 aromatic heterocycles. The molecule has 0 bridgehead atoms. The Balaban J connectivity index is 2.81. The first-order valence-electron chi connectivity index (χ1n) is 2.68. The van der Waals surface area contributed by atoms with Crippen LogP contribution in [0.1, 0.15) is 19.3 Å². The molecular weight excluding hydrogens is 102 g/mol. The third-order valence-corrected chi connectivity index (χ3v) is 0.841. The van der Waals surface area contributed by atoms with E-state index in [4.69, 9.17) is 10.8 Å². The van der Waals surface area contributed by atoms with Gasteiger partial charge in [0.05, 0.1) is 0 Å². The molecule has 0 fully saturated rings. The van der Waals surface area contributed by atoms with Crippen molar-refractivity contribution < 1.29 is 5.11 Å². The van der Waals surface area contributed by atoms with E-state index in [-0.39, 0.29) is 6.23 Å². The molecule has 0 aliphatic carbocycles. The molecule has 0 aromatic carbocycles. The molecule has 0 atom stereocenters. The van der Waals surface area contributed by atoms with Crippen LogP contribution >= 0.6 is 0 Å². The zero-order valence-electron chi connectivity index (χ0n) is 4.93. The minimum absolute atomic E-state index is 0.0202. The van der Waals surface area contributed by atoms with Gasteiger partial charge in [0.1, 0.15) is 0 Å². The maximum Gasteiger partial charge on any atom is 0.155 e. The summed E-state index contributed by atoms with van der Waals surface area (Å²) in [5, 5.41) is 8.44. The summed E-state index contributed by atoms with van der Waals surface area (Å²) >= 11 is 0. The molecule has 0 saturated carbocycles. The number of hydrogen-bond acceptors (Lipinski definition) is 2. The van der Waals surface area contributed by atoms with E-state index in [2.05, 4.69) is 6.58 Å². The monoisotopic (exact) mass is 114 g/mol. The molecular formula is C6H12NO. The molecule has 1 radical (unpaired) electrons. The van der Waals surface area contributed by atoms with E-state index < -0.39 is 0 Å². The largest absolute Gasteiger partial charge is 0.372 e. The summed E-state index contributed by atoms with van der Waals surface area (Å²) in [6.45, 7) is 3.53.